The second-order valence-electron chi connectivity index (χ2n) is 6.41. The summed E-state index contributed by atoms with van der Waals surface area (Å²) in [4.78, 5) is 13.6. The van der Waals surface area contributed by atoms with Crippen molar-refractivity contribution in [1.29, 1.82) is 0 Å². The Kier molecular flexibility index (Phi) is 3.65. The minimum absolute atomic E-state index is 0.205. The topological polar surface area (TPSA) is 72.3 Å². The summed E-state index contributed by atoms with van der Waals surface area (Å²) in [6.45, 7) is 7.98. The van der Waals surface area contributed by atoms with E-state index in [1.54, 1.807) is 0 Å². The lowest BCUT2D eigenvalue weighted by Crippen LogP contribution is -2.60. The highest BCUT2D eigenvalue weighted by atomic mass is 16.1. The molecule has 1 rings (SSSR count). The summed E-state index contributed by atoms with van der Waals surface area (Å²) in [6, 6.07) is 0. The molecule has 1 saturated carbocycles. The predicted molar refractivity (Wildman–Crippen MR) is 65.8 cm³/mol. The average molecular weight is 227 g/mol. The lowest BCUT2D eigenvalue weighted by Gasteiger charge is -2.34. The zero-order valence-electron chi connectivity index (χ0n) is 10.9. The van der Waals surface area contributed by atoms with Gasteiger partial charge in [-0.15, -0.1) is 0 Å². The number of hydrogen-bond donors (Lipinski definition) is 2. The van der Waals surface area contributed by atoms with Crippen LogP contribution in [0.25, 0.3) is 0 Å². The molecule has 0 heterocycles. The van der Waals surface area contributed by atoms with Gasteiger partial charge in [-0.2, -0.15) is 0 Å². The van der Waals surface area contributed by atoms with Gasteiger partial charge in [-0.1, -0.05) is 20.8 Å². The van der Waals surface area contributed by atoms with Gasteiger partial charge >= 0.3 is 0 Å². The van der Waals surface area contributed by atoms with E-state index in [4.69, 9.17) is 11.5 Å². The van der Waals surface area contributed by atoms with Gasteiger partial charge < -0.3 is 16.4 Å². The number of hydrogen-bond acceptors (Lipinski definition) is 3. The number of carbonyl (C=O) groups is 1. The Bertz CT molecular complexity index is 268. The molecule has 4 heteroatoms. The van der Waals surface area contributed by atoms with Crippen LogP contribution in [0.5, 0.6) is 0 Å². The quantitative estimate of drug-likeness (QED) is 0.720. The molecule has 0 spiro atoms. The average Bonchev–Trinajstić information content (AvgIpc) is 2.80. The van der Waals surface area contributed by atoms with Gasteiger partial charge in [-0.05, 0) is 31.2 Å². The minimum Gasteiger partial charge on any atom is -0.368 e. The van der Waals surface area contributed by atoms with E-state index in [1.807, 2.05) is 7.05 Å². The number of rotatable bonds is 5. The molecular formula is C12H25N3O. The van der Waals surface area contributed by atoms with Crippen LogP contribution >= 0.6 is 0 Å². The van der Waals surface area contributed by atoms with E-state index in [9.17, 15) is 4.79 Å². The van der Waals surface area contributed by atoms with Gasteiger partial charge in [0.2, 0.25) is 5.91 Å². The molecule has 1 aliphatic carbocycles. The van der Waals surface area contributed by atoms with Gasteiger partial charge in [0.15, 0.2) is 0 Å². The van der Waals surface area contributed by atoms with Crippen molar-refractivity contribution < 1.29 is 4.79 Å². The van der Waals surface area contributed by atoms with Crippen LogP contribution in [0.15, 0.2) is 0 Å². The fraction of sp³-hybridized carbons (Fsp3) is 0.917. The Balaban J connectivity index is 2.59. The van der Waals surface area contributed by atoms with Crippen LogP contribution in [0.4, 0.5) is 0 Å². The second kappa shape index (κ2) is 4.34. The van der Waals surface area contributed by atoms with Crippen molar-refractivity contribution in [3.05, 3.63) is 0 Å². The molecule has 0 aliphatic heterocycles. The van der Waals surface area contributed by atoms with Crippen molar-refractivity contribution in [1.82, 2.24) is 4.90 Å². The summed E-state index contributed by atoms with van der Waals surface area (Å²) in [5.41, 5.74) is 11.0. The highest BCUT2D eigenvalue weighted by Crippen LogP contribution is 2.38. The van der Waals surface area contributed by atoms with E-state index < -0.39 is 5.54 Å². The molecule has 0 bridgehead atoms. The Morgan fingerprint density at radius 2 is 1.81 bits per heavy atom. The fourth-order valence-corrected chi connectivity index (χ4v) is 2.32. The summed E-state index contributed by atoms with van der Waals surface area (Å²) in [5, 5.41) is 0. The Morgan fingerprint density at radius 3 is 2.12 bits per heavy atom. The SMILES string of the molecule is CN(CC(C)(C)C)CC(N)(C(N)=O)C1CC1. The molecule has 1 atom stereocenters. The first-order valence-electron chi connectivity index (χ1n) is 5.92. The number of likely N-dealkylation sites (N-methyl/N-ethyl adjacent to an activating group) is 1. The summed E-state index contributed by atoms with van der Waals surface area (Å²) >= 11 is 0. The second-order valence-corrected chi connectivity index (χ2v) is 6.41. The van der Waals surface area contributed by atoms with E-state index >= 15 is 0 Å². The Labute approximate surface area is 98.3 Å². The lowest BCUT2D eigenvalue weighted by atomic mass is 9.91. The zero-order valence-corrected chi connectivity index (χ0v) is 10.9. The molecule has 0 radical (unpaired) electrons. The normalized spacial score (nSPS) is 20.9. The van der Waals surface area contributed by atoms with Crippen LogP contribution in [-0.4, -0.2) is 36.5 Å². The summed E-state index contributed by atoms with van der Waals surface area (Å²) in [6.07, 6.45) is 2.06. The van der Waals surface area contributed by atoms with Crippen molar-refractivity contribution in [2.24, 2.45) is 22.8 Å². The number of nitrogens with zero attached hydrogens (tertiary/aromatic N) is 1. The summed E-state index contributed by atoms with van der Waals surface area (Å²) in [7, 11) is 2.00. The van der Waals surface area contributed by atoms with Crippen LogP contribution in [0.2, 0.25) is 0 Å². The number of carbonyl (C=O) groups excluding carboxylic acids is 1. The largest absolute Gasteiger partial charge is 0.368 e. The molecule has 4 N–H and O–H groups in total. The molecule has 94 valence electrons. The molecule has 16 heavy (non-hydrogen) atoms. The van der Waals surface area contributed by atoms with E-state index in [2.05, 4.69) is 25.7 Å². The monoisotopic (exact) mass is 227 g/mol. The first-order chi connectivity index (χ1) is 7.15. The number of primary amides is 1. The molecular weight excluding hydrogens is 202 g/mol. The maximum absolute atomic E-state index is 11.5. The first-order valence-corrected chi connectivity index (χ1v) is 5.92. The highest BCUT2D eigenvalue weighted by molar-refractivity contribution is 5.85. The van der Waals surface area contributed by atoms with Crippen LogP contribution in [0.1, 0.15) is 33.6 Å². The van der Waals surface area contributed by atoms with Crippen LogP contribution in [-0.2, 0) is 4.79 Å². The molecule has 1 unspecified atom stereocenters. The molecule has 0 aromatic heterocycles. The molecule has 0 aromatic rings. The van der Waals surface area contributed by atoms with Crippen LogP contribution in [0, 0.1) is 11.3 Å². The van der Waals surface area contributed by atoms with Crippen molar-refractivity contribution in [2.75, 3.05) is 20.1 Å². The van der Waals surface area contributed by atoms with Crippen molar-refractivity contribution in [3.8, 4) is 0 Å². The third-order valence-electron chi connectivity index (χ3n) is 3.04. The number of amides is 1. The van der Waals surface area contributed by atoms with Gasteiger partial charge in [0.1, 0.15) is 5.54 Å². The third kappa shape index (κ3) is 3.46. The molecule has 1 aliphatic rings. The van der Waals surface area contributed by atoms with Gasteiger partial charge in [0.25, 0.3) is 0 Å². The highest BCUT2D eigenvalue weighted by Gasteiger charge is 2.47. The minimum atomic E-state index is -0.833. The van der Waals surface area contributed by atoms with Gasteiger partial charge in [-0.25, -0.2) is 0 Å². The molecule has 0 aromatic carbocycles. The maximum atomic E-state index is 11.5. The van der Waals surface area contributed by atoms with Gasteiger partial charge in [0.05, 0.1) is 0 Å². The zero-order chi connectivity index (χ0) is 12.6. The molecule has 4 nitrogen and oxygen atoms in total. The van der Waals surface area contributed by atoms with Crippen molar-refractivity contribution >= 4 is 5.91 Å². The van der Waals surface area contributed by atoms with Crippen molar-refractivity contribution in [2.45, 2.75) is 39.2 Å². The van der Waals surface area contributed by atoms with E-state index in [0.717, 1.165) is 19.4 Å². The van der Waals surface area contributed by atoms with Crippen LogP contribution in [0.3, 0.4) is 0 Å². The molecule has 0 saturated heterocycles. The lowest BCUT2D eigenvalue weighted by molar-refractivity contribution is -0.124. The van der Waals surface area contributed by atoms with E-state index in [0.29, 0.717) is 6.54 Å². The summed E-state index contributed by atoms with van der Waals surface area (Å²) in [5.74, 6) is -0.0804. The standard InChI is InChI=1S/C12H25N3O/c1-11(2,3)7-15(4)8-12(14,10(13)16)9-5-6-9/h9H,5-8,14H2,1-4H3,(H2,13,16). The number of nitrogens with two attached hydrogens (primary N) is 2. The Hall–Kier alpha value is -0.610. The summed E-state index contributed by atoms with van der Waals surface area (Å²) < 4.78 is 0. The maximum Gasteiger partial charge on any atom is 0.239 e. The third-order valence-corrected chi connectivity index (χ3v) is 3.04. The van der Waals surface area contributed by atoms with Crippen LogP contribution < -0.4 is 11.5 Å². The van der Waals surface area contributed by atoms with Gasteiger partial charge in [-0.3, -0.25) is 4.79 Å². The first kappa shape index (κ1) is 13.5. The Morgan fingerprint density at radius 1 is 1.31 bits per heavy atom. The molecule has 1 amide bonds. The van der Waals surface area contributed by atoms with Gasteiger partial charge in [0, 0.05) is 13.1 Å². The predicted octanol–water partition coefficient (Wildman–Crippen LogP) is 0.557. The van der Waals surface area contributed by atoms with E-state index in [1.165, 1.54) is 0 Å². The molecule has 1 fully saturated rings. The fourth-order valence-electron chi connectivity index (χ4n) is 2.32. The van der Waals surface area contributed by atoms with E-state index in [-0.39, 0.29) is 17.2 Å². The van der Waals surface area contributed by atoms with Crippen molar-refractivity contribution in [3.63, 3.8) is 0 Å². The smallest absolute Gasteiger partial charge is 0.239 e.